The van der Waals surface area contributed by atoms with Crippen LogP contribution < -0.4 is 5.32 Å². The van der Waals surface area contributed by atoms with Gasteiger partial charge in [-0.3, -0.25) is 10.1 Å². The van der Waals surface area contributed by atoms with Gasteiger partial charge < -0.3 is 9.84 Å². The van der Waals surface area contributed by atoms with Crippen LogP contribution in [0.15, 0.2) is 22.7 Å². The molecular weight excluding hydrogens is 250 g/mol. The van der Waals surface area contributed by atoms with Gasteiger partial charge in [0.25, 0.3) is 0 Å². The highest BCUT2D eigenvalue weighted by Crippen LogP contribution is 2.18. The second kappa shape index (κ2) is 5.14. The second-order valence-corrected chi connectivity index (χ2v) is 3.72. The summed E-state index contributed by atoms with van der Waals surface area (Å²) in [6, 6.07) is 6.12. The van der Waals surface area contributed by atoms with Gasteiger partial charge in [0, 0.05) is 12.1 Å². The molecule has 2 rings (SSSR count). The number of nitriles is 1. The molecule has 0 radical (unpaired) electrons. The maximum absolute atomic E-state index is 10.6. The summed E-state index contributed by atoms with van der Waals surface area (Å²) in [6.07, 6.45) is 0. The Labute approximate surface area is 107 Å². The smallest absolute Gasteiger partial charge is 0.305 e. The van der Waals surface area contributed by atoms with E-state index in [2.05, 4.69) is 15.5 Å². The molecule has 0 aliphatic heterocycles. The van der Waals surface area contributed by atoms with Crippen molar-refractivity contribution in [1.82, 2.24) is 10.1 Å². The Kier molecular flexibility index (Phi) is 3.38. The van der Waals surface area contributed by atoms with E-state index in [1.165, 1.54) is 12.1 Å². The van der Waals surface area contributed by atoms with Crippen molar-refractivity contribution in [2.24, 2.45) is 0 Å². The summed E-state index contributed by atoms with van der Waals surface area (Å²) in [6.45, 7) is 2.13. The van der Waals surface area contributed by atoms with E-state index in [0.717, 1.165) is 0 Å². The van der Waals surface area contributed by atoms with Gasteiger partial charge in [-0.05, 0) is 13.0 Å². The number of nitrogens with zero attached hydrogens (tertiary/aromatic N) is 4. The Morgan fingerprint density at radius 1 is 1.58 bits per heavy atom. The van der Waals surface area contributed by atoms with Gasteiger partial charge in [0.2, 0.25) is 5.69 Å². The number of hydrogen-bond acceptors (Lipinski definition) is 7. The van der Waals surface area contributed by atoms with Crippen molar-refractivity contribution in [2.45, 2.75) is 13.5 Å². The first-order valence-corrected chi connectivity index (χ1v) is 5.32. The molecule has 0 saturated heterocycles. The third-order valence-corrected chi connectivity index (χ3v) is 2.30. The highest BCUT2D eigenvalue weighted by atomic mass is 16.6. The van der Waals surface area contributed by atoms with Crippen LogP contribution in [-0.2, 0) is 6.54 Å². The molecule has 0 aromatic carbocycles. The second-order valence-electron chi connectivity index (χ2n) is 3.72. The Bertz CT molecular complexity index is 659. The third-order valence-electron chi connectivity index (χ3n) is 2.30. The number of hydrogen-bond donors (Lipinski definition) is 1. The van der Waals surface area contributed by atoms with Crippen LogP contribution in [0, 0.1) is 28.4 Å². The number of rotatable bonds is 4. The number of pyridine rings is 1. The average Bonchev–Trinajstić information content (AvgIpc) is 2.81. The zero-order valence-electron chi connectivity index (χ0n) is 9.95. The molecule has 0 bridgehead atoms. The molecule has 8 nitrogen and oxygen atoms in total. The molecule has 0 spiro atoms. The fraction of sp³-hybridized carbons (Fsp3) is 0.182. The molecule has 0 saturated carbocycles. The normalized spacial score (nSPS) is 9.89. The number of aryl methyl sites for hydroxylation is 1. The molecule has 19 heavy (non-hydrogen) atoms. The standard InChI is InChI=1S/C11H9N5O3/c1-7-4-8(15-19-7)6-13-11-3-2-10(16(17)18)9(5-12)14-11/h2-4H,6H2,1H3,(H,13,14). The molecule has 2 heterocycles. The van der Waals surface area contributed by atoms with Gasteiger partial charge in [0.15, 0.2) is 0 Å². The zero-order chi connectivity index (χ0) is 13.8. The van der Waals surface area contributed by atoms with Crippen molar-refractivity contribution < 1.29 is 9.45 Å². The minimum absolute atomic E-state index is 0.230. The van der Waals surface area contributed by atoms with Crippen LogP contribution in [0.4, 0.5) is 11.5 Å². The first kappa shape index (κ1) is 12.5. The maximum atomic E-state index is 10.6. The summed E-state index contributed by atoms with van der Waals surface area (Å²) >= 11 is 0. The van der Waals surface area contributed by atoms with Gasteiger partial charge >= 0.3 is 5.69 Å². The highest BCUT2D eigenvalue weighted by molar-refractivity contribution is 5.50. The van der Waals surface area contributed by atoms with Crippen molar-refractivity contribution in [3.63, 3.8) is 0 Å². The minimum Gasteiger partial charge on any atom is -0.364 e. The Hall–Kier alpha value is -2.95. The Balaban J connectivity index is 2.14. The van der Waals surface area contributed by atoms with Crippen LogP contribution >= 0.6 is 0 Å². The average molecular weight is 259 g/mol. The molecule has 96 valence electrons. The Morgan fingerprint density at radius 2 is 2.37 bits per heavy atom. The van der Waals surface area contributed by atoms with Crippen LogP contribution in [0.5, 0.6) is 0 Å². The topological polar surface area (TPSA) is 118 Å². The summed E-state index contributed by atoms with van der Waals surface area (Å²) in [5.74, 6) is 1.05. The molecule has 8 heteroatoms. The molecule has 0 unspecified atom stereocenters. The fourth-order valence-electron chi connectivity index (χ4n) is 1.46. The molecule has 0 aliphatic carbocycles. The van der Waals surface area contributed by atoms with E-state index >= 15 is 0 Å². The van der Waals surface area contributed by atoms with E-state index in [4.69, 9.17) is 9.78 Å². The lowest BCUT2D eigenvalue weighted by molar-refractivity contribution is -0.385. The Morgan fingerprint density at radius 3 is 2.95 bits per heavy atom. The van der Waals surface area contributed by atoms with E-state index in [1.807, 2.05) is 0 Å². The van der Waals surface area contributed by atoms with E-state index in [-0.39, 0.29) is 11.4 Å². The summed E-state index contributed by atoms with van der Waals surface area (Å²) < 4.78 is 4.90. The van der Waals surface area contributed by atoms with E-state index in [9.17, 15) is 10.1 Å². The molecule has 1 N–H and O–H groups in total. The molecule has 0 atom stereocenters. The largest absolute Gasteiger partial charge is 0.364 e. The first-order chi connectivity index (χ1) is 9.10. The lowest BCUT2D eigenvalue weighted by Gasteiger charge is -2.03. The van der Waals surface area contributed by atoms with Gasteiger partial charge in [-0.25, -0.2) is 4.98 Å². The summed E-state index contributed by atoms with van der Waals surface area (Å²) in [5.41, 5.74) is 0.132. The predicted octanol–water partition coefficient (Wildman–Crippen LogP) is 1.77. The van der Waals surface area contributed by atoms with E-state index < -0.39 is 4.92 Å². The van der Waals surface area contributed by atoms with Crippen molar-refractivity contribution in [2.75, 3.05) is 5.32 Å². The van der Waals surface area contributed by atoms with Crippen molar-refractivity contribution in [3.05, 3.63) is 45.5 Å². The van der Waals surface area contributed by atoms with Crippen molar-refractivity contribution >= 4 is 11.5 Å². The predicted molar refractivity (Wildman–Crippen MR) is 64.2 cm³/mol. The number of anilines is 1. The van der Waals surface area contributed by atoms with Gasteiger partial charge in [0.05, 0.1) is 11.5 Å². The molecular formula is C11H9N5O3. The number of nitro groups is 1. The van der Waals surface area contributed by atoms with Crippen molar-refractivity contribution in [3.8, 4) is 6.07 Å². The lowest BCUT2D eigenvalue weighted by Crippen LogP contribution is -2.04. The van der Waals surface area contributed by atoms with Crippen LogP contribution in [0.3, 0.4) is 0 Å². The molecule has 2 aromatic heterocycles. The zero-order valence-corrected chi connectivity index (χ0v) is 9.95. The SMILES string of the molecule is Cc1cc(CNc2ccc([N+](=O)[O-])c(C#N)n2)no1. The molecule has 0 fully saturated rings. The number of nitrogens with one attached hydrogen (secondary N) is 1. The molecule has 0 aliphatic rings. The summed E-state index contributed by atoms with van der Waals surface area (Å²) in [4.78, 5) is 13.9. The third kappa shape index (κ3) is 2.84. The minimum atomic E-state index is -0.643. The highest BCUT2D eigenvalue weighted by Gasteiger charge is 2.15. The van der Waals surface area contributed by atoms with Crippen LogP contribution in [0.1, 0.15) is 17.1 Å². The monoisotopic (exact) mass is 259 g/mol. The van der Waals surface area contributed by atoms with Crippen LogP contribution in [-0.4, -0.2) is 15.1 Å². The van der Waals surface area contributed by atoms with Gasteiger partial charge in [0.1, 0.15) is 23.3 Å². The molecule has 2 aromatic rings. The summed E-state index contributed by atoms with van der Waals surface area (Å²) in [7, 11) is 0. The lowest BCUT2D eigenvalue weighted by atomic mass is 10.3. The number of aromatic nitrogens is 2. The molecule has 0 amide bonds. The van der Waals surface area contributed by atoms with E-state index in [1.54, 1.807) is 19.1 Å². The van der Waals surface area contributed by atoms with Gasteiger partial charge in [-0.2, -0.15) is 5.26 Å². The van der Waals surface area contributed by atoms with Crippen molar-refractivity contribution in [1.29, 1.82) is 5.26 Å². The van der Waals surface area contributed by atoms with Crippen LogP contribution in [0.25, 0.3) is 0 Å². The van der Waals surface area contributed by atoms with E-state index in [0.29, 0.717) is 23.8 Å². The van der Waals surface area contributed by atoms with Crippen LogP contribution in [0.2, 0.25) is 0 Å². The van der Waals surface area contributed by atoms with Gasteiger partial charge in [-0.15, -0.1) is 0 Å². The quantitative estimate of drug-likeness (QED) is 0.656. The summed E-state index contributed by atoms with van der Waals surface area (Å²) in [5, 5.41) is 26.1. The fourth-order valence-corrected chi connectivity index (χ4v) is 1.46. The van der Waals surface area contributed by atoms with Gasteiger partial charge in [-0.1, -0.05) is 5.16 Å². The first-order valence-electron chi connectivity index (χ1n) is 5.32. The maximum Gasteiger partial charge on any atom is 0.305 e.